The lowest BCUT2D eigenvalue weighted by atomic mass is 10.1. The second-order valence-corrected chi connectivity index (χ2v) is 9.09. The molecule has 0 aliphatic rings. The number of halogens is 1. The molecule has 4 rings (SSSR count). The van der Waals surface area contributed by atoms with Crippen LogP contribution in [0, 0.1) is 0 Å². The van der Waals surface area contributed by atoms with Crippen LogP contribution in [0.2, 0.25) is 5.02 Å². The van der Waals surface area contributed by atoms with Crippen LogP contribution >= 0.6 is 23.4 Å². The third-order valence-corrected chi connectivity index (χ3v) is 6.43. The van der Waals surface area contributed by atoms with E-state index in [1.165, 1.54) is 0 Å². The van der Waals surface area contributed by atoms with E-state index in [-0.39, 0.29) is 5.91 Å². The Morgan fingerprint density at radius 2 is 1.79 bits per heavy atom. The summed E-state index contributed by atoms with van der Waals surface area (Å²) in [7, 11) is 3.50. The van der Waals surface area contributed by atoms with E-state index in [2.05, 4.69) is 10.2 Å². The number of hydrogen-bond donors (Lipinski definition) is 0. The zero-order valence-electron chi connectivity index (χ0n) is 19.2. The first kappa shape index (κ1) is 23.9. The first-order chi connectivity index (χ1) is 16.5. The molecule has 6 nitrogen and oxygen atoms in total. The smallest absolute Gasteiger partial charge is 0.253 e. The van der Waals surface area contributed by atoms with Gasteiger partial charge in [-0.15, -0.1) is 10.2 Å². The Bertz CT molecular complexity index is 1290. The largest absolute Gasteiger partial charge is 0.494 e. The molecule has 0 atom stereocenters. The van der Waals surface area contributed by atoms with Crippen molar-refractivity contribution in [3.63, 3.8) is 0 Å². The van der Waals surface area contributed by atoms with Gasteiger partial charge in [0.25, 0.3) is 5.91 Å². The molecule has 0 radical (unpaired) electrons. The molecule has 0 aliphatic heterocycles. The van der Waals surface area contributed by atoms with Crippen molar-refractivity contribution in [1.29, 1.82) is 0 Å². The van der Waals surface area contributed by atoms with Gasteiger partial charge in [-0.3, -0.25) is 9.36 Å². The maximum Gasteiger partial charge on any atom is 0.253 e. The van der Waals surface area contributed by atoms with E-state index in [0.29, 0.717) is 28.8 Å². The molecule has 0 N–H and O–H groups in total. The Labute approximate surface area is 208 Å². The van der Waals surface area contributed by atoms with E-state index in [4.69, 9.17) is 16.3 Å². The molecule has 0 unspecified atom stereocenters. The molecule has 3 aromatic carbocycles. The fraction of sp³-hybridized carbons (Fsp3) is 0.192. The molecule has 0 saturated carbocycles. The Morgan fingerprint density at radius 3 is 2.50 bits per heavy atom. The summed E-state index contributed by atoms with van der Waals surface area (Å²) in [4.78, 5) is 13.9. The molecule has 174 valence electrons. The minimum Gasteiger partial charge on any atom is -0.494 e. The highest BCUT2D eigenvalue weighted by Crippen LogP contribution is 2.33. The maximum absolute atomic E-state index is 12.3. The molecule has 4 aromatic rings. The molecule has 0 saturated heterocycles. The average molecular weight is 493 g/mol. The van der Waals surface area contributed by atoms with E-state index in [0.717, 1.165) is 27.7 Å². The molecule has 0 bridgehead atoms. The average Bonchev–Trinajstić information content (AvgIpc) is 3.27. The molecule has 0 aliphatic carbocycles. The second kappa shape index (κ2) is 10.8. The summed E-state index contributed by atoms with van der Waals surface area (Å²) in [5.74, 6) is 2.07. The SMILES string of the molecule is CCOc1ccc(-n2c(SCc3cccc(C(=O)N(C)C)c3)nnc2-c2ccccc2Cl)cc1. The number of ether oxygens (including phenoxy) is 1. The van der Waals surface area contributed by atoms with Gasteiger partial charge in [-0.25, -0.2) is 0 Å². The van der Waals surface area contributed by atoms with Crippen LogP contribution in [0.3, 0.4) is 0 Å². The van der Waals surface area contributed by atoms with Crippen molar-refractivity contribution in [2.75, 3.05) is 20.7 Å². The highest BCUT2D eigenvalue weighted by atomic mass is 35.5. The predicted octanol–water partition coefficient (Wildman–Crippen LogP) is 5.98. The molecular formula is C26H25ClN4O2S. The number of carbonyl (C=O) groups is 1. The van der Waals surface area contributed by atoms with Crippen molar-refractivity contribution in [3.8, 4) is 22.8 Å². The summed E-state index contributed by atoms with van der Waals surface area (Å²) >= 11 is 8.05. The number of amides is 1. The summed E-state index contributed by atoms with van der Waals surface area (Å²) in [6.07, 6.45) is 0. The Balaban J connectivity index is 1.69. The zero-order chi connectivity index (χ0) is 24.1. The van der Waals surface area contributed by atoms with Gasteiger partial charge in [0.05, 0.1) is 11.6 Å². The standard InChI is InChI=1S/C26H25ClN4O2S/c1-4-33-21-14-12-20(13-15-21)31-24(22-10-5-6-11-23(22)27)28-29-26(31)34-17-18-8-7-9-19(16-18)25(32)30(2)3/h5-16H,4,17H2,1-3H3. The monoisotopic (exact) mass is 492 g/mol. The van der Waals surface area contributed by atoms with Gasteiger partial charge in [0.15, 0.2) is 11.0 Å². The van der Waals surface area contributed by atoms with Crippen molar-refractivity contribution >= 4 is 29.3 Å². The lowest BCUT2D eigenvalue weighted by Gasteiger charge is -2.13. The van der Waals surface area contributed by atoms with Gasteiger partial charge >= 0.3 is 0 Å². The first-order valence-electron chi connectivity index (χ1n) is 10.8. The van der Waals surface area contributed by atoms with Crippen LogP contribution in [0.15, 0.2) is 78.0 Å². The summed E-state index contributed by atoms with van der Waals surface area (Å²) in [6.45, 7) is 2.56. The minimum atomic E-state index is -0.0228. The first-order valence-corrected chi connectivity index (χ1v) is 12.2. The Hall–Kier alpha value is -3.29. The fourth-order valence-electron chi connectivity index (χ4n) is 3.47. The van der Waals surface area contributed by atoms with Crippen LogP contribution in [-0.4, -0.2) is 46.3 Å². The second-order valence-electron chi connectivity index (χ2n) is 7.74. The fourth-order valence-corrected chi connectivity index (χ4v) is 4.59. The topological polar surface area (TPSA) is 60.2 Å². The highest BCUT2D eigenvalue weighted by molar-refractivity contribution is 7.98. The Kier molecular flexibility index (Phi) is 7.55. The normalized spacial score (nSPS) is 10.8. The molecular weight excluding hydrogens is 468 g/mol. The van der Waals surface area contributed by atoms with Crippen LogP contribution in [0.25, 0.3) is 17.1 Å². The lowest BCUT2D eigenvalue weighted by molar-refractivity contribution is 0.0827. The number of nitrogens with zero attached hydrogens (tertiary/aromatic N) is 4. The van der Waals surface area contributed by atoms with Crippen LogP contribution in [0.4, 0.5) is 0 Å². The van der Waals surface area contributed by atoms with Crippen molar-refractivity contribution < 1.29 is 9.53 Å². The van der Waals surface area contributed by atoms with Gasteiger partial charge < -0.3 is 9.64 Å². The van der Waals surface area contributed by atoms with E-state index in [9.17, 15) is 4.79 Å². The summed E-state index contributed by atoms with van der Waals surface area (Å²) in [5, 5.41) is 10.3. The van der Waals surface area contributed by atoms with Gasteiger partial charge in [-0.1, -0.05) is 47.6 Å². The number of rotatable bonds is 8. The van der Waals surface area contributed by atoms with Gasteiger partial charge in [0.1, 0.15) is 5.75 Å². The zero-order valence-corrected chi connectivity index (χ0v) is 20.8. The van der Waals surface area contributed by atoms with Crippen LogP contribution in [0.5, 0.6) is 5.75 Å². The molecule has 1 aromatic heterocycles. The molecule has 8 heteroatoms. The summed E-state index contributed by atoms with van der Waals surface area (Å²) in [6, 6.07) is 23.1. The third-order valence-electron chi connectivity index (χ3n) is 5.10. The maximum atomic E-state index is 12.3. The molecule has 34 heavy (non-hydrogen) atoms. The molecule has 1 amide bonds. The van der Waals surface area contributed by atoms with E-state index in [1.807, 2.05) is 84.3 Å². The molecule has 0 spiro atoms. The van der Waals surface area contributed by atoms with E-state index < -0.39 is 0 Å². The number of hydrogen-bond acceptors (Lipinski definition) is 5. The van der Waals surface area contributed by atoms with Crippen LogP contribution < -0.4 is 4.74 Å². The lowest BCUT2D eigenvalue weighted by Crippen LogP contribution is -2.21. The number of carbonyl (C=O) groups excluding carboxylic acids is 1. The van der Waals surface area contributed by atoms with Crippen LogP contribution in [-0.2, 0) is 5.75 Å². The van der Waals surface area contributed by atoms with Gasteiger partial charge in [-0.2, -0.15) is 0 Å². The van der Waals surface area contributed by atoms with Gasteiger partial charge in [0.2, 0.25) is 0 Å². The van der Waals surface area contributed by atoms with Crippen molar-refractivity contribution in [1.82, 2.24) is 19.7 Å². The summed E-state index contributed by atoms with van der Waals surface area (Å²) < 4.78 is 7.59. The van der Waals surface area contributed by atoms with Crippen molar-refractivity contribution in [2.45, 2.75) is 17.8 Å². The van der Waals surface area contributed by atoms with Gasteiger partial charge in [-0.05, 0) is 61.0 Å². The van der Waals surface area contributed by atoms with Crippen molar-refractivity contribution in [3.05, 3.63) is 88.9 Å². The minimum absolute atomic E-state index is 0.0228. The predicted molar refractivity (Wildman–Crippen MR) is 137 cm³/mol. The number of thioether (sulfide) groups is 1. The van der Waals surface area contributed by atoms with E-state index in [1.54, 1.807) is 30.8 Å². The third kappa shape index (κ3) is 5.26. The Morgan fingerprint density at radius 1 is 1.03 bits per heavy atom. The number of aromatic nitrogens is 3. The highest BCUT2D eigenvalue weighted by Gasteiger charge is 2.18. The summed E-state index contributed by atoms with van der Waals surface area (Å²) in [5.41, 5.74) is 3.39. The van der Waals surface area contributed by atoms with Crippen LogP contribution in [0.1, 0.15) is 22.8 Å². The quantitative estimate of drug-likeness (QED) is 0.283. The molecule has 1 heterocycles. The van der Waals surface area contributed by atoms with E-state index >= 15 is 0 Å². The molecule has 0 fully saturated rings. The van der Waals surface area contributed by atoms with Crippen molar-refractivity contribution in [2.24, 2.45) is 0 Å². The number of benzene rings is 3. The van der Waals surface area contributed by atoms with Gasteiger partial charge in [0, 0.05) is 36.7 Å².